The van der Waals surface area contributed by atoms with Gasteiger partial charge in [0, 0.05) is 135 Å². The average Bonchev–Trinajstić information content (AvgIpc) is 1.61. The summed E-state index contributed by atoms with van der Waals surface area (Å²) in [5, 5.41) is 157. The van der Waals surface area contributed by atoms with Crippen molar-refractivity contribution in [3.63, 3.8) is 0 Å². The minimum atomic E-state index is -1.36. The van der Waals surface area contributed by atoms with Gasteiger partial charge in [-0.15, -0.1) is 0 Å². The number of rotatable bonds is 18. The topological polar surface area (TPSA) is 402 Å². The van der Waals surface area contributed by atoms with Crippen LogP contribution in [0.3, 0.4) is 0 Å². The van der Waals surface area contributed by atoms with Gasteiger partial charge in [-0.1, -0.05) is 191 Å². The fourth-order valence-electron chi connectivity index (χ4n) is 19.3. The van der Waals surface area contributed by atoms with Crippen LogP contribution in [0.15, 0.2) is 280 Å². The predicted octanol–water partition coefficient (Wildman–Crippen LogP) is 12.0. The van der Waals surface area contributed by atoms with Gasteiger partial charge in [-0.25, -0.2) is 8.78 Å². The molecule has 16 aromatic rings. The van der Waals surface area contributed by atoms with Gasteiger partial charge < -0.3 is 137 Å². The molecule has 0 radical (unpaired) electrons. The van der Waals surface area contributed by atoms with Gasteiger partial charge in [0.25, 0.3) is 0 Å². The fraction of sp³-hybridized carbons (Fsp3) is 0.333. The number of methoxy groups -OCH3 is 3. The van der Waals surface area contributed by atoms with E-state index < -0.39 is 128 Å². The number of hydrogen-bond donors (Lipinski definition) is 15. The minimum absolute atomic E-state index is 0.00331. The van der Waals surface area contributed by atoms with E-state index in [4.69, 9.17) is 37.9 Å². The van der Waals surface area contributed by atoms with Crippen molar-refractivity contribution in [2.75, 3.05) is 54.4 Å². The standard InChI is InChI=1S/C24H23NO4.C24H29NO4.2C21H22FNO5.C21H23NO5/c26-21-14-29-24(23(28)22(21)27)19-13-25(20-8-4-3-7-18(19)20)12-15-9-10-16-5-1-2-6-17(16)11-15;1-24(2,3)16-10-8-15(9-11-16)12-25-13-18(17-6-4-5-7-19(17)25)23-22(28)21(27)20(26)14-29-23;1-27-13-7-5-12(6-8-13)9-23-10-14(18-15(22)3-2-4-16(18)23)21-20(26)19(25)17(24)11-28-21;1-27-13-7-5-12(6-8-13)9-23-10-15(14-3-2-4-16(22)18(14)23)21-20(26)19(25)17(24)11-28-21;1-26-14-8-6-13(7-9-14)10-22-11-16(15-4-2-3-5-17(15)22)21-20(25)19(24)18(23)12-27-21/h1-11,13,21-24,26-28H,12,14H2;4-11,13,20-23,26-28H,12,14H2,1-3H3;2*2-8,10,17,19-21,24-26H,9,11H2,1H3;2-9,11,18-21,23-25H,10,12H2,1H3/t21-,22+,23-,24+;20-,21+,22-,23+;2*17-,19+,20-,21+;18-,19+,20-,21+/m11111/s1. The molecule has 30 heteroatoms. The Hall–Kier alpha value is -12.2. The Morgan fingerprint density at radius 2 is 0.553 bits per heavy atom. The first-order valence-corrected chi connectivity index (χ1v) is 47.0. The molecule has 5 aromatic heterocycles. The summed E-state index contributed by atoms with van der Waals surface area (Å²) in [5.41, 5.74) is 14.4. The molecular weight excluding hydrogens is 1810 g/mol. The van der Waals surface area contributed by atoms with Crippen LogP contribution in [0.2, 0.25) is 0 Å². The number of aliphatic hydroxyl groups excluding tert-OH is 15. The molecule has 5 aliphatic rings. The number of halogens is 2. The van der Waals surface area contributed by atoms with Crippen molar-refractivity contribution < 1.29 is 123 Å². The summed E-state index contributed by atoms with van der Waals surface area (Å²) in [6, 6.07) is 79.7. The lowest BCUT2D eigenvalue weighted by Crippen LogP contribution is -2.49. The average molecular weight is 1930 g/mol. The van der Waals surface area contributed by atoms with Crippen LogP contribution in [0.25, 0.3) is 65.3 Å². The van der Waals surface area contributed by atoms with Crippen LogP contribution in [-0.4, -0.2) is 245 Å². The number of para-hydroxylation sites is 4. The van der Waals surface area contributed by atoms with E-state index in [1.807, 2.05) is 181 Å². The smallest absolute Gasteiger partial charge is 0.147 e. The summed E-state index contributed by atoms with van der Waals surface area (Å²) >= 11 is 0. The Balaban J connectivity index is 0.000000121. The van der Waals surface area contributed by atoms with Crippen LogP contribution < -0.4 is 14.2 Å². The highest BCUT2D eigenvalue weighted by atomic mass is 19.1. The molecule has 141 heavy (non-hydrogen) atoms. The van der Waals surface area contributed by atoms with Gasteiger partial charge in [0.15, 0.2) is 0 Å². The highest BCUT2D eigenvalue weighted by molar-refractivity contribution is 5.89. The molecule has 0 bridgehead atoms. The van der Waals surface area contributed by atoms with E-state index in [1.54, 1.807) is 62.6 Å². The van der Waals surface area contributed by atoms with Gasteiger partial charge in [0.1, 0.15) is 151 Å². The summed E-state index contributed by atoms with van der Waals surface area (Å²) in [5.74, 6) is 1.47. The van der Waals surface area contributed by atoms with E-state index in [0.29, 0.717) is 65.7 Å². The Morgan fingerprint density at radius 3 is 0.929 bits per heavy atom. The summed E-state index contributed by atoms with van der Waals surface area (Å²) in [6.07, 6.45) is -12.6. The van der Waals surface area contributed by atoms with Crippen LogP contribution in [0.1, 0.15) is 112 Å². The Labute approximate surface area is 812 Å². The molecule has 20 atom stereocenters. The van der Waals surface area contributed by atoms with Crippen LogP contribution in [0, 0.1) is 11.6 Å². The quantitative estimate of drug-likeness (QED) is 0.0379. The second-order valence-corrected chi connectivity index (χ2v) is 37.6. The molecule has 0 saturated carbocycles. The van der Waals surface area contributed by atoms with Crippen molar-refractivity contribution in [1.82, 2.24) is 22.8 Å². The molecule has 5 saturated heterocycles. The Morgan fingerprint density at radius 1 is 0.277 bits per heavy atom. The molecule has 11 aromatic carbocycles. The lowest BCUT2D eigenvalue weighted by Gasteiger charge is -2.35. The predicted molar refractivity (Wildman–Crippen MR) is 527 cm³/mol. The van der Waals surface area contributed by atoms with Gasteiger partial charge in [0.05, 0.1) is 65.4 Å². The third kappa shape index (κ3) is 21.6. The van der Waals surface area contributed by atoms with Gasteiger partial charge in [-0.3, -0.25) is 0 Å². The molecule has 10 heterocycles. The van der Waals surface area contributed by atoms with Crippen molar-refractivity contribution in [3.8, 4) is 17.2 Å². The summed E-state index contributed by atoms with van der Waals surface area (Å²) in [4.78, 5) is 0. The number of benzene rings is 11. The Kier molecular flexibility index (Phi) is 31.1. The zero-order valence-electron chi connectivity index (χ0n) is 78.6. The van der Waals surface area contributed by atoms with Crippen LogP contribution in [-0.2, 0) is 61.8 Å². The normalized spacial score (nSPS) is 25.3. The van der Waals surface area contributed by atoms with Crippen molar-refractivity contribution in [2.45, 2.75) is 181 Å². The molecule has 0 aliphatic carbocycles. The number of aromatic nitrogens is 5. The molecule has 5 fully saturated rings. The van der Waals surface area contributed by atoms with Crippen LogP contribution in [0.5, 0.6) is 17.2 Å². The first-order valence-electron chi connectivity index (χ1n) is 47.0. The number of fused-ring (bicyclic) bond motifs is 6. The van der Waals surface area contributed by atoms with E-state index >= 15 is 0 Å². The van der Waals surface area contributed by atoms with E-state index in [0.717, 1.165) is 83.3 Å². The number of ether oxygens (including phenoxy) is 8. The molecule has 740 valence electrons. The number of nitrogens with zero attached hydrogens (tertiary/aromatic N) is 5. The first kappa shape index (κ1) is 100. The molecule has 5 aliphatic heterocycles. The Bertz CT molecular complexity index is 6920. The third-order valence-electron chi connectivity index (χ3n) is 27.1. The molecular formula is C111H119F2N5O23. The molecule has 0 spiro atoms. The second-order valence-electron chi connectivity index (χ2n) is 37.6. The summed E-state index contributed by atoms with van der Waals surface area (Å²) in [7, 11) is 4.84. The largest absolute Gasteiger partial charge is 0.497 e. The first-order chi connectivity index (χ1) is 67.9. The molecule has 28 nitrogen and oxygen atoms in total. The van der Waals surface area contributed by atoms with Crippen molar-refractivity contribution >= 4 is 65.3 Å². The zero-order valence-corrected chi connectivity index (χ0v) is 78.6. The maximum Gasteiger partial charge on any atom is 0.147 e. The fourth-order valence-corrected chi connectivity index (χ4v) is 19.3. The van der Waals surface area contributed by atoms with Crippen LogP contribution >= 0.6 is 0 Å². The van der Waals surface area contributed by atoms with Gasteiger partial charge in [-0.2, -0.15) is 0 Å². The van der Waals surface area contributed by atoms with Gasteiger partial charge in [0.2, 0.25) is 0 Å². The second kappa shape index (κ2) is 43.7. The van der Waals surface area contributed by atoms with Crippen LogP contribution in [0.4, 0.5) is 8.78 Å². The van der Waals surface area contributed by atoms with E-state index in [-0.39, 0.29) is 44.3 Å². The SMILES string of the molecule is CC(C)(C)c1ccc(Cn2cc([C@@H]3OC[C@@H](O)[C@H](O)[C@H]3O)c3ccccc32)cc1.COc1ccc(Cn2cc([C@@H]3OC[C@@H](O)[C@H](O)[C@H]3O)c3c(F)cccc32)cc1.COc1ccc(Cn2cc([C@@H]3OC[C@@H](O)[C@H](O)[C@H]3O)c3cccc(F)c32)cc1.COc1ccc(Cn2cc([C@@H]3OC[C@@H](O)[C@H](O)[C@H]3O)c3ccccc32)cc1.O[C@@H]1[C@@H](O)[C@H](c2cn(Cc3ccc4ccccc4c3)c3ccccc23)OC[C@H]1O. The lowest BCUT2D eigenvalue weighted by atomic mass is 9.87. The highest BCUT2D eigenvalue weighted by Crippen LogP contribution is 2.43. The number of aliphatic hydroxyl groups is 15. The highest BCUT2D eigenvalue weighted by Gasteiger charge is 2.45. The molecule has 0 unspecified atom stereocenters. The van der Waals surface area contributed by atoms with E-state index in [1.165, 1.54) is 39.6 Å². The maximum absolute atomic E-state index is 14.7. The monoisotopic (exact) mass is 1930 g/mol. The molecule has 15 N–H and O–H groups in total. The summed E-state index contributed by atoms with van der Waals surface area (Å²) in [6.45, 7) is 9.26. The van der Waals surface area contributed by atoms with E-state index in [2.05, 4.69) is 89.1 Å². The maximum atomic E-state index is 14.7. The number of hydrogen-bond acceptors (Lipinski definition) is 23. The molecule has 21 rings (SSSR count). The van der Waals surface area contributed by atoms with Gasteiger partial charge >= 0.3 is 0 Å². The summed E-state index contributed by atoms with van der Waals surface area (Å²) < 4.78 is 83.1. The van der Waals surface area contributed by atoms with Gasteiger partial charge in [-0.05, 0) is 128 Å². The van der Waals surface area contributed by atoms with Crippen molar-refractivity contribution in [3.05, 3.63) is 353 Å². The van der Waals surface area contributed by atoms with Crippen molar-refractivity contribution in [2.24, 2.45) is 0 Å². The van der Waals surface area contributed by atoms with E-state index in [9.17, 15) is 85.4 Å². The third-order valence-corrected chi connectivity index (χ3v) is 27.1. The lowest BCUT2D eigenvalue weighted by molar-refractivity contribution is -0.188. The van der Waals surface area contributed by atoms with Crippen molar-refractivity contribution in [1.29, 1.82) is 0 Å². The minimum Gasteiger partial charge on any atom is -0.497 e. The zero-order chi connectivity index (χ0) is 99.4. The molecule has 0 amide bonds.